The van der Waals surface area contributed by atoms with Crippen LogP contribution in [0.5, 0.6) is 0 Å². The van der Waals surface area contributed by atoms with E-state index in [0.717, 1.165) is 13.1 Å². The third-order valence-corrected chi connectivity index (χ3v) is 3.21. The molecule has 0 saturated heterocycles. The first-order valence-electron chi connectivity index (χ1n) is 6.09. The van der Waals surface area contributed by atoms with Crippen LogP contribution >= 0.6 is 0 Å². The Morgan fingerprint density at radius 2 is 1.93 bits per heavy atom. The Labute approximate surface area is 93.0 Å². The molecule has 2 N–H and O–H groups in total. The Morgan fingerprint density at radius 3 is 2.47 bits per heavy atom. The number of hydrogen-bond acceptors (Lipinski definition) is 2. The molecule has 0 aliphatic heterocycles. The number of hydrogen-bond donors (Lipinski definition) is 2. The minimum absolute atomic E-state index is 0.122. The first-order chi connectivity index (χ1) is 7.06. The van der Waals surface area contributed by atoms with Crippen molar-refractivity contribution in [3.8, 4) is 0 Å². The van der Waals surface area contributed by atoms with Crippen molar-refractivity contribution in [3.05, 3.63) is 0 Å². The van der Waals surface area contributed by atoms with Crippen molar-refractivity contribution in [2.75, 3.05) is 13.1 Å². The topological polar surface area (TPSA) is 41.1 Å². The zero-order valence-corrected chi connectivity index (χ0v) is 10.2. The van der Waals surface area contributed by atoms with Crippen LogP contribution in [0.2, 0.25) is 0 Å². The minimum Gasteiger partial charge on any atom is -0.354 e. The van der Waals surface area contributed by atoms with E-state index in [9.17, 15) is 4.79 Å². The van der Waals surface area contributed by atoms with E-state index in [4.69, 9.17) is 0 Å². The van der Waals surface area contributed by atoms with E-state index in [1.54, 1.807) is 0 Å². The first-order valence-corrected chi connectivity index (χ1v) is 6.09. The molecule has 0 atom stereocenters. The van der Waals surface area contributed by atoms with E-state index in [1.807, 2.05) is 20.8 Å². The van der Waals surface area contributed by atoms with Crippen molar-refractivity contribution in [3.63, 3.8) is 0 Å². The quantitative estimate of drug-likeness (QED) is 0.728. The number of amides is 1. The highest BCUT2D eigenvalue weighted by atomic mass is 16.2. The summed E-state index contributed by atoms with van der Waals surface area (Å²) in [6.07, 6.45) is 5.22. The molecule has 3 nitrogen and oxygen atoms in total. The van der Waals surface area contributed by atoms with Gasteiger partial charge in [0.2, 0.25) is 5.91 Å². The van der Waals surface area contributed by atoms with Gasteiger partial charge in [0.15, 0.2) is 0 Å². The van der Waals surface area contributed by atoms with Gasteiger partial charge in [0.25, 0.3) is 0 Å². The van der Waals surface area contributed by atoms with Crippen LogP contribution < -0.4 is 10.6 Å². The molecule has 0 spiro atoms. The van der Waals surface area contributed by atoms with Gasteiger partial charge in [-0.2, -0.15) is 0 Å². The average molecular weight is 212 g/mol. The fourth-order valence-corrected chi connectivity index (χ4v) is 2.19. The second-order valence-corrected chi connectivity index (χ2v) is 5.02. The minimum atomic E-state index is -0.437. The number of carbonyl (C=O) groups excluding carboxylic acids is 1. The van der Waals surface area contributed by atoms with Gasteiger partial charge in [-0.15, -0.1) is 0 Å². The molecule has 15 heavy (non-hydrogen) atoms. The Hall–Kier alpha value is -0.570. The lowest BCUT2D eigenvalue weighted by Gasteiger charge is -2.25. The number of likely N-dealkylation sites (N-methyl/N-ethyl adjacent to an activating group) is 1. The summed E-state index contributed by atoms with van der Waals surface area (Å²) in [7, 11) is 0. The van der Waals surface area contributed by atoms with Crippen LogP contribution in [0.3, 0.4) is 0 Å². The highest BCUT2D eigenvalue weighted by Crippen LogP contribution is 2.23. The van der Waals surface area contributed by atoms with Crippen LogP contribution in [0.25, 0.3) is 0 Å². The van der Waals surface area contributed by atoms with E-state index in [2.05, 4.69) is 10.6 Å². The van der Waals surface area contributed by atoms with Crippen LogP contribution in [-0.4, -0.2) is 24.5 Å². The van der Waals surface area contributed by atoms with Crippen LogP contribution in [0.1, 0.15) is 46.5 Å². The molecule has 0 aromatic carbocycles. The first kappa shape index (κ1) is 12.5. The summed E-state index contributed by atoms with van der Waals surface area (Å²) in [5, 5.41) is 6.23. The third kappa shape index (κ3) is 3.82. The van der Waals surface area contributed by atoms with Crippen LogP contribution in [0.4, 0.5) is 0 Å². The smallest absolute Gasteiger partial charge is 0.239 e. The van der Waals surface area contributed by atoms with Crippen molar-refractivity contribution in [1.82, 2.24) is 10.6 Å². The van der Waals surface area contributed by atoms with E-state index >= 15 is 0 Å². The molecule has 1 amide bonds. The Morgan fingerprint density at radius 1 is 1.33 bits per heavy atom. The molecule has 1 aliphatic carbocycles. The molecule has 0 bridgehead atoms. The molecule has 0 aromatic heterocycles. The molecule has 3 heteroatoms. The van der Waals surface area contributed by atoms with E-state index < -0.39 is 5.54 Å². The lowest BCUT2D eigenvalue weighted by Crippen LogP contribution is -2.53. The summed E-state index contributed by atoms with van der Waals surface area (Å²) >= 11 is 0. The van der Waals surface area contributed by atoms with Gasteiger partial charge < -0.3 is 10.6 Å². The predicted molar refractivity (Wildman–Crippen MR) is 62.7 cm³/mol. The Bertz CT molecular complexity index is 208. The molecule has 0 unspecified atom stereocenters. The second kappa shape index (κ2) is 5.50. The summed E-state index contributed by atoms with van der Waals surface area (Å²) in [5.74, 6) is 0.836. The number of rotatable bonds is 5. The Balaban J connectivity index is 2.27. The molecule has 0 aromatic rings. The average Bonchev–Trinajstić information content (AvgIpc) is 2.66. The predicted octanol–water partition coefficient (Wildman–Crippen LogP) is 1.68. The van der Waals surface area contributed by atoms with Crippen LogP contribution in [0, 0.1) is 5.92 Å². The molecule has 1 saturated carbocycles. The second-order valence-electron chi connectivity index (χ2n) is 5.02. The van der Waals surface area contributed by atoms with Crippen molar-refractivity contribution in [2.24, 2.45) is 5.92 Å². The maximum absolute atomic E-state index is 11.8. The van der Waals surface area contributed by atoms with Gasteiger partial charge in [0.1, 0.15) is 0 Å². The molecule has 1 aliphatic rings. The number of carbonyl (C=O) groups is 1. The zero-order chi connectivity index (χ0) is 11.3. The molecule has 1 fully saturated rings. The lowest BCUT2D eigenvalue weighted by molar-refractivity contribution is -0.126. The van der Waals surface area contributed by atoms with Crippen molar-refractivity contribution in [2.45, 2.75) is 52.0 Å². The fourth-order valence-electron chi connectivity index (χ4n) is 2.19. The van der Waals surface area contributed by atoms with Crippen molar-refractivity contribution in [1.29, 1.82) is 0 Å². The normalized spacial score (nSPS) is 18.1. The van der Waals surface area contributed by atoms with E-state index in [0.29, 0.717) is 5.92 Å². The van der Waals surface area contributed by atoms with Gasteiger partial charge in [0, 0.05) is 6.54 Å². The zero-order valence-electron chi connectivity index (χ0n) is 10.2. The molecule has 0 radical (unpaired) electrons. The summed E-state index contributed by atoms with van der Waals surface area (Å²) in [6.45, 7) is 7.56. The summed E-state index contributed by atoms with van der Waals surface area (Å²) in [6, 6.07) is 0. The van der Waals surface area contributed by atoms with E-state index in [-0.39, 0.29) is 5.91 Å². The van der Waals surface area contributed by atoms with Gasteiger partial charge in [-0.25, -0.2) is 0 Å². The van der Waals surface area contributed by atoms with Crippen molar-refractivity contribution >= 4 is 5.91 Å². The molecular formula is C12H24N2O. The molecule has 0 heterocycles. The van der Waals surface area contributed by atoms with Crippen molar-refractivity contribution < 1.29 is 4.79 Å². The maximum atomic E-state index is 11.8. The highest BCUT2D eigenvalue weighted by molar-refractivity contribution is 5.85. The lowest BCUT2D eigenvalue weighted by atomic mass is 10.0. The number of nitrogens with one attached hydrogen (secondary N) is 2. The van der Waals surface area contributed by atoms with Gasteiger partial charge >= 0.3 is 0 Å². The summed E-state index contributed by atoms with van der Waals surface area (Å²) < 4.78 is 0. The SMILES string of the molecule is CCNC(C)(C)C(=O)NCC1CCCC1. The molecule has 1 rings (SSSR count). The van der Waals surface area contributed by atoms with Crippen LogP contribution in [-0.2, 0) is 4.79 Å². The van der Waals surface area contributed by atoms with Crippen LogP contribution in [0.15, 0.2) is 0 Å². The van der Waals surface area contributed by atoms with Gasteiger partial charge in [-0.3, -0.25) is 4.79 Å². The monoisotopic (exact) mass is 212 g/mol. The fraction of sp³-hybridized carbons (Fsp3) is 0.917. The molecular weight excluding hydrogens is 188 g/mol. The maximum Gasteiger partial charge on any atom is 0.239 e. The Kier molecular flexibility index (Phi) is 4.58. The molecule has 88 valence electrons. The third-order valence-electron chi connectivity index (χ3n) is 3.21. The standard InChI is InChI=1S/C12H24N2O/c1-4-14-12(2,3)11(15)13-9-10-7-5-6-8-10/h10,14H,4-9H2,1-3H3,(H,13,15). The summed E-state index contributed by atoms with van der Waals surface area (Å²) in [4.78, 5) is 11.8. The largest absolute Gasteiger partial charge is 0.354 e. The van der Waals surface area contributed by atoms with Gasteiger partial charge in [-0.1, -0.05) is 19.8 Å². The van der Waals surface area contributed by atoms with E-state index in [1.165, 1.54) is 25.7 Å². The summed E-state index contributed by atoms with van der Waals surface area (Å²) in [5.41, 5.74) is -0.437. The highest BCUT2D eigenvalue weighted by Gasteiger charge is 2.26. The van der Waals surface area contributed by atoms with Gasteiger partial charge in [-0.05, 0) is 39.2 Å². The van der Waals surface area contributed by atoms with Gasteiger partial charge in [0.05, 0.1) is 5.54 Å².